The summed E-state index contributed by atoms with van der Waals surface area (Å²) in [5.74, 6) is -2.30. The maximum atomic E-state index is 12.5. The third kappa shape index (κ3) is 4.05. The Kier molecular flexibility index (Phi) is 6.06. The minimum Gasteiger partial charge on any atom is -0.477 e. The average molecular weight is 425 g/mol. The number of nitrogens with two attached hydrogens (primary N) is 1. The summed E-state index contributed by atoms with van der Waals surface area (Å²) in [6.45, 7) is 1.45. The highest BCUT2D eigenvalue weighted by molar-refractivity contribution is 8.00. The van der Waals surface area contributed by atoms with Crippen LogP contribution in [0.4, 0.5) is 0 Å². The lowest BCUT2D eigenvalue weighted by Gasteiger charge is -2.49. The standard InChI is InChI=1S/C17H19N3O6S2/c1-8(21)26-6-9-7-27-16-13(15(23)20(16)14(9)17(24)25)19-12(22)4-10-2-3-11(5-18)28-10/h2-3,13,16H,4-7,18H2,1H3,(H,19,22)(H,24,25)/t13-,16+/m1/s1. The first-order valence-electron chi connectivity index (χ1n) is 8.42. The summed E-state index contributed by atoms with van der Waals surface area (Å²) in [7, 11) is 0. The minimum atomic E-state index is -1.27. The lowest BCUT2D eigenvalue weighted by atomic mass is 10.0. The van der Waals surface area contributed by atoms with E-state index in [1.165, 1.54) is 30.0 Å². The van der Waals surface area contributed by atoms with Gasteiger partial charge in [-0.25, -0.2) is 4.79 Å². The number of carbonyl (C=O) groups is 4. The number of esters is 1. The Morgan fingerprint density at radius 2 is 2.07 bits per heavy atom. The predicted octanol–water partition coefficient (Wildman–Crippen LogP) is 0.0510. The van der Waals surface area contributed by atoms with E-state index in [-0.39, 0.29) is 24.6 Å². The van der Waals surface area contributed by atoms with E-state index in [4.69, 9.17) is 10.5 Å². The summed E-state index contributed by atoms with van der Waals surface area (Å²) in [6, 6.07) is 2.90. The van der Waals surface area contributed by atoms with Gasteiger partial charge in [0.05, 0.1) is 6.42 Å². The topological polar surface area (TPSA) is 139 Å². The highest BCUT2D eigenvalue weighted by Gasteiger charge is 2.54. The molecule has 0 bridgehead atoms. The summed E-state index contributed by atoms with van der Waals surface area (Å²) in [4.78, 5) is 50.4. The molecule has 150 valence electrons. The molecule has 1 saturated heterocycles. The molecule has 4 N–H and O–H groups in total. The second-order valence-corrected chi connectivity index (χ2v) is 8.60. The van der Waals surface area contributed by atoms with Crippen molar-refractivity contribution >= 4 is 46.9 Å². The van der Waals surface area contributed by atoms with Crippen molar-refractivity contribution in [3.63, 3.8) is 0 Å². The molecule has 1 fully saturated rings. The largest absolute Gasteiger partial charge is 0.477 e. The molecule has 0 aliphatic carbocycles. The Labute approximate surface area is 168 Å². The lowest BCUT2D eigenvalue weighted by molar-refractivity contribution is -0.151. The molecule has 0 saturated carbocycles. The van der Waals surface area contributed by atoms with E-state index in [1.54, 1.807) is 0 Å². The van der Waals surface area contributed by atoms with E-state index in [9.17, 15) is 24.3 Å². The first-order valence-corrected chi connectivity index (χ1v) is 10.3. The molecule has 0 unspecified atom stereocenters. The summed E-state index contributed by atoms with van der Waals surface area (Å²) >= 11 is 2.76. The number of ether oxygens (including phenoxy) is 1. The number of carbonyl (C=O) groups excluding carboxylic acids is 3. The number of aliphatic carboxylic acids is 1. The van der Waals surface area contributed by atoms with Gasteiger partial charge in [0.15, 0.2) is 0 Å². The maximum absolute atomic E-state index is 12.5. The second kappa shape index (κ2) is 8.33. The lowest BCUT2D eigenvalue weighted by Crippen LogP contribution is -2.70. The Morgan fingerprint density at radius 1 is 1.36 bits per heavy atom. The van der Waals surface area contributed by atoms with Gasteiger partial charge < -0.3 is 20.9 Å². The summed E-state index contributed by atoms with van der Waals surface area (Å²) in [5, 5.41) is 11.7. The van der Waals surface area contributed by atoms with Gasteiger partial charge in [0, 0.05) is 34.5 Å². The van der Waals surface area contributed by atoms with E-state index >= 15 is 0 Å². The first-order chi connectivity index (χ1) is 13.3. The number of nitrogens with zero attached hydrogens (tertiary/aromatic N) is 1. The molecule has 0 aromatic carbocycles. The number of β-lactam (4-membered cyclic amide) rings is 1. The molecule has 3 rings (SSSR count). The monoisotopic (exact) mass is 425 g/mol. The fourth-order valence-electron chi connectivity index (χ4n) is 2.99. The number of thioether (sulfide) groups is 1. The fourth-order valence-corrected chi connectivity index (χ4v) is 5.22. The molecule has 1 aromatic rings. The van der Waals surface area contributed by atoms with Crippen LogP contribution in [0.25, 0.3) is 0 Å². The predicted molar refractivity (Wildman–Crippen MR) is 102 cm³/mol. The number of thiophene rings is 1. The van der Waals surface area contributed by atoms with Crippen molar-refractivity contribution in [1.29, 1.82) is 0 Å². The van der Waals surface area contributed by atoms with Gasteiger partial charge in [-0.2, -0.15) is 0 Å². The van der Waals surface area contributed by atoms with Crippen LogP contribution in [0.5, 0.6) is 0 Å². The Balaban J connectivity index is 1.66. The van der Waals surface area contributed by atoms with Crippen LogP contribution in [-0.4, -0.2) is 57.5 Å². The quantitative estimate of drug-likeness (QED) is 0.411. The van der Waals surface area contributed by atoms with E-state index in [0.29, 0.717) is 17.9 Å². The van der Waals surface area contributed by atoms with Crippen molar-refractivity contribution in [1.82, 2.24) is 10.2 Å². The van der Waals surface area contributed by atoms with Gasteiger partial charge in [0.2, 0.25) is 5.91 Å². The molecular weight excluding hydrogens is 406 g/mol. The molecule has 0 spiro atoms. The van der Waals surface area contributed by atoms with Crippen molar-refractivity contribution in [2.24, 2.45) is 5.73 Å². The molecule has 9 nitrogen and oxygen atoms in total. The molecule has 28 heavy (non-hydrogen) atoms. The third-order valence-corrected chi connectivity index (χ3v) is 6.72. The maximum Gasteiger partial charge on any atom is 0.352 e. The summed E-state index contributed by atoms with van der Waals surface area (Å²) < 4.78 is 4.88. The van der Waals surface area contributed by atoms with Crippen LogP contribution in [-0.2, 0) is 36.9 Å². The zero-order valence-corrected chi connectivity index (χ0v) is 16.6. The molecule has 2 atom stereocenters. The van der Waals surface area contributed by atoms with Crippen LogP contribution in [0.2, 0.25) is 0 Å². The number of carboxylic acids is 1. The van der Waals surface area contributed by atoms with Gasteiger partial charge in [-0.05, 0) is 12.1 Å². The third-order valence-electron chi connectivity index (χ3n) is 4.27. The van der Waals surface area contributed by atoms with E-state index in [0.717, 1.165) is 14.7 Å². The Morgan fingerprint density at radius 3 is 2.68 bits per heavy atom. The minimum absolute atomic E-state index is 0.130. The van der Waals surface area contributed by atoms with Gasteiger partial charge in [-0.3, -0.25) is 19.3 Å². The molecule has 2 aliphatic heterocycles. The van der Waals surface area contributed by atoms with Gasteiger partial charge in [0.25, 0.3) is 5.91 Å². The van der Waals surface area contributed by atoms with Crippen LogP contribution in [0, 0.1) is 0 Å². The first kappa shape index (κ1) is 20.4. The van der Waals surface area contributed by atoms with Crippen LogP contribution in [0.3, 0.4) is 0 Å². The zero-order valence-electron chi connectivity index (χ0n) is 15.0. The van der Waals surface area contributed by atoms with Gasteiger partial charge in [-0.15, -0.1) is 23.1 Å². The van der Waals surface area contributed by atoms with Crippen molar-refractivity contribution in [3.05, 3.63) is 33.2 Å². The number of rotatable bonds is 7. The number of hydrogen-bond donors (Lipinski definition) is 3. The van der Waals surface area contributed by atoms with Crippen molar-refractivity contribution in [3.8, 4) is 0 Å². The normalized spacial score (nSPS) is 21.1. The zero-order chi connectivity index (χ0) is 20.4. The number of nitrogens with one attached hydrogen (secondary N) is 1. The van der Waals surface area contributed by atoms with E-state index in [1.807, 2.05) is 12.1 Å². The SMILES string of the molecule is CC(=O)OCC1=C(C(=O)O)N2C(=O)[C@@H](NC(=O)Cc3ccc(CN)s3)[C@@H]2SC1. The second-order valence-electron chi connectivity index (χ2n) is 6.24. The van der Waals surface area contributed by atoms with E-state index < -0.39 is 29.3 Å². The smallest absolute Gasteiger partial charge is 0.352 e. The summed E-state index contributed by atoms with van der Waals surface area (Å²) in [6.07, 6.45) is 0.130. The van der Waals surface area contributed by atoms with Crippen LogP contribution in [0.15, 0.2) is 23.4 Å². The molecule has 11 heteroatoms. The fraction of sp³-hybridized carbons (Fsp3) is 0.412. The van der Waals surface area contributed by atoms with Gasteiger partial charge in [0.1, 0.15) is 23.7 Å². The molecule has 0 radical (unpaired) electrons. The number of carboxylic acid groups (broad SMARTS) is 1. The Bertz CT molecular complexity index is 865. The van der Waals surface area contributed by atoms with E-state index in [2.05, 4.69) is 5.32 Å². The van der Waals surface area contributed by atoms with Crippen molar-refractivity contribution < 1.29 is 29.0 Å². The molecular formula is C17H19N3O6S2. The number of amides is 2. The number of fused-ring (bicyclic) bond motifs is 1. The van der Waals surface area contributed by atoms with Crippen LogP contribution in [0.1, 0.15) is 16.7 Å². The highest BCUT2D eigenvalue weighted by Crippen LogP contribution is 2.40. The molecule has 2 aliphatic rings. The van der Waals surface area contributed by atoms with Crippen molar-refractivity contribution in [2.45, 2.75) is 31.3 Å². The molecule has 1 aromatic heterocycles. The van der Waals surface area contributed by atoms with Crippen molar-refractivity contribution in [2.75, 3.05) is 12.4 Å². The van der Waals surface area contributed by atoms with Crippen LogP contribution >= 0.6 is 23.1 Å². The Hall–Kier alpha value is -2.37. The number of hydrogen-bond acceptors (Lipinski definition) is 8. The van der Waals surface area contributed by atoms with Gasteiger partial charge in [-0.1, -0.05) is 0 Å². The van der Waals surface area contributed by atoms with Crippen LogP contribution < -0.4 is 11.1 Å². The average Bonchev–Trinajstić information content (AvgIpc) is 3.10. The van der Waals surface area contributed by atoms with Gasteiger partial charge >= 0.3 is 11.9 Å². The summed E-state index contributed by atoms with van der Waals surface area (Å²) in [5.41, 5.74) is 5.74. The highest BCUT2D eigenvalue weighted by atomic mass is 32.2. The molecule has 2 amide bonds. The molecule has 3 heterocycles.